The maximum atomic E-state index is 5.97. The summed E-state index contributed by atoms with van der Waals surface area (Å²) in [5.41, 5.74) is 8.23. The zero-order chi connectivity index (χ0) is 13.5. The Kier molecular flexibility index (Phi) is 2.80. The number of anilines is 2. The third-order valence-electron chi connectivity index (χ3n) is 4.51. The average Bonchev–Trinajstić information content (AvgIpc) is 3.02. The smallest absolute Gasteiger partial charge is 0.298 e. The Morgan fingerprint density at radius 2 is 2.10 bits per heavy atom. The summed E-state index contributed by atoms with van der Waals surface area (Å²) in [7, 11) is 0. The molecule has 3 heterocycles. The van der Waals surface area contributed by atoms with Crippen LogP contribution in [0.5, 0.6) is 0 Å². The summed E-state index contributed by atoms with van der Waals surface area (Å²) in [6.45, 7) is 4.48. The highest BCUT2D eigenvalue weighted by molar-refractivity contribution is 5.86. The van der Waals surface area contributed by atoms with E-state index in [1.54, 1.807) is 0 Å². The molecule has 2 aliphatic rings. The second-order valence-corrected chi connectivity index (χ2v) is 5.82. The number of hydrogen-bond donors (Lipinski definition) is 1. The lowest BCUT2D eigenvalue weighted by molar-refractivity contribution is 0.272. The van der Waals surface area contributed by atoms with Crippen molar-refractivity contribution in [3.8, 4) is 0 Å². The highest BCUT2D eigenvalue weighted by atomic mass is 16.4. The normalized spacial score (nSPS) is 24.0. The van der Waals surface area contributed by atoms with E-state index in [0.29, 0.717) is 11.7 Å². The lowest BCUT2D eigenvalue weighted by Crippen LogP contribution is -2.36. The van der Waals surface area contributed by atoms with Gasteiger partial charge in [0.15, 0.2) is 5.58 Å². The SMILES string of the molecule is Nc1cccc2oc(N3CCCN4CCCC4C3)nc12. The van der Waals surface area contributed by atoms with Crippen molar-refractivity contribution < 1.29 is 4.42 Å². The van der Waals surface area contributed by atoms with Crippen LogP contribution in [0, 0.1) is 0 Å². The van der Waals surface area contributed by atoms with Crippen molar-refractivity contribution in [1.82, 2.24) is 9.88 Å². The topological polar surface area (TPSA) is 58.5 Å². The van der Waals surface area contributed by atoms with E-state index in [-0.39, 0.29) is 0 Å². The van der Waals surface area contributed by atoms with E-state index < -0.39 is 0 Å². The zero-order valence-corrected chi connectivity index (χ0v) is 11.6. The number of aromatic nitrogens is 1. The molecule has 1 unspecified atom stereocenters. The van der Waals surface area contributed by atoms with Crippen LogP contribution in [-0.4, -0.2) is 42.1 Å². The minimum Gasteiger partial charge on any atom is -0.423 e. The first-order chi connectivity index (χ1) is 9.81. The first-order valence-corrected chi connectivity index (χ1v) is 7.45. The van der Waals surface area contributed by atoms with Crippen LogP contribution in [0.15, 0.2) is 22.6 Å². The van der Waals surface area contributed by atoms with Crippen molar-refractivity contribution in [2.45, 2.75) is 25.3 Å². The van der Waals surface area contributed by atoms with E-state index in [0.717, 1.165) is 30.2 Å². The summed E-state index contributed by atoms with van der Waals surface area (Å²) in [6, 6.07) is 7.10. The fraction of sp³-hybridized carbons (Fsp3) is 0.533. The van der Waals surface area contributed by atoms with Crippen molar-refractivity contribution in [3.63, 3.8) is 0 Å². The number of para-hydroxylation sites is 1. The molecular formula is C15H20N4O. The molecule has 1 atom stereocenters. The Hall–Kier alpha value is -1.75. The van der Waals surface area contributed by atoms with Crippen molar-refractivity contribution in [2.75, 3.05) is 36.8 Å². The molecular weight excluding hydrogens is 252 g/mol. The molecule has 2 aromatic rings. The quantitative estimate of drug-likeness (QED) is 0.805. The average molecular weight is 272 g/mol. The Labute approximate surface area is 118 Å². The monoisotopic (exact) mass is 272 g/mol. The predicted octanol–water partition coefficient (Wildman–Crippen LogP) is 2.08. The third kappa shape index (κ3) is 1.93. The van der Waals surface area contributed by atoms with Crippen LogP contribution in [-0.2, 0) is 0 Å². The summed E-state index contributed by atoms with van der Waals surface area (Å²) in [4.78, 5) is 9.50. The van der Waals surface area contributed by atoms with Crippen LogP contribution in [0.4, 0.5) is 11.7 Å². The molecule has 4 rings (SSSR count). The number of fused-ring (bicyclic) bond motifs is 2. The molecule has 2 aliphatic heterocycles. The number of hydrogen-bond acceptors (Lipinski definition) is 5. The lowest BCUT2D eigenvalue weighted by Gasteiger charge is -2.24. The van der Waals surface area contributed by atoms with Crippen molar-refractivity contribution >= 4 is 22.8 Å². The Balaban J connectivity index is 1.66. The number of nitrogens with zero attached hydrogens (tertiary/aromatic N) is 3. The van der Waals surface area contributed by atoms with E-state index in [4.69, 9.17) is 10.2 Å². The fourth-order valence-corrected chi connectivity index (χ4v) is 3.47. The molecule has 0 bridgehead atoms. The number of nitrogen functional groups attached to an aromatic ring is 1. The van der Waals surface area contributed by atoms with Crippen molar-refractivity contribution in [2.24, 2.45) is 0 Å². The predicted molar refractivity (Wildman–Crippen MR) is 79.8 cm³/mol. The van der Waals surface area contributed by atoms with Gasteiger partial charge in [0, 0.05) is 25.7 Å². The number of benzene rings is 1. The van der Waals surface area contributed by atoms with Crippen molar-refractivity contribution in [3.05, 3.63) is 18.2 Å². The summed E-state index contributed by atoms with van der Waals surface area (Å²) >= 11 is 0. The summed E-state index contributed by atoms with van der Waals surface area (Å²) < 4.78 is 5.91. The Bertz CT molecular complexity index is 623. The molecule has 2 fully saturated rings. The van der Waals surface area contributed by atoms with Gasteiger partial charge >= 0.3 is 0 Å². The minimum atomic E-state index is 0.657. The lowest BCUT2D eigenvalue weighted by atomic mass is 10.2. The van der Waals surface area contributed by atoms with Gasteiger partial charge in [-0.3, -0.25) is 4.90 Å². The first kappa shape index (κ1) is 12.0. The molecule has 5 heteroatoms. The molecule has 0 saturated carbocycles. The van der Waals surface area contributed by atoms with Gasteiger partial charge in [-0.2, -0.15) is 4.98 Å². The molecule has 1 aromatic carbocycles. The largest absolute Gasteiger partial charge is 0.423 e. The highest BCUT2D eigenvalue weighted by Gasteiger charge is 2.30. The molecule has 0 amide bonds. The molecule has 20 heavy (non-hydrogen) atoms. The summed E-state index contributed by atoms with van der Waals surface area (Å²) in [6.07, 6.45) is 3.78. The fourth-order valence-electron chi connectivity index (χ4n) is 3.47. The molecule has 0 spiro atoms. The van der Waals surface area contributed by atoms with Gasteiger partial charge in [0.1, 0.15) is 5.52 Å². The third-order valence-corrected chi connectivity index (χ3v) is 4.51. The number of rotatable bonds is 1. The second kappa shape index (κ2) is 4.66. The van der Waals surface area contributed by atoms with Crippen LogP contribution in [0.3, 0.4) is 0 Å². The van der Waals surface area contributed by atoms with Gasteiger partial charge < -0.3 is 15.1 Å². The van der Waals surface area contributed by atoms with Crippen LogP contribution < -0.4 is 10.6 Å². The van der Waals surface area contributed by atoms with Gasteiger partial charge in [0.25, 0.3) is 6.01 Å². The molecule has 2 saturated heterocycles. The summed E-state index contributed by atoms with van der Waals surface area (Å²) in [5.74, 6) is 0. The van der Waals surface area contributed by atoms with Gasteiger partial charge in [0.05, 0.1) is 5.69 Å². The van der Waals surface area contributed by atoms with Crippen LogP contribution in [0.25, 0.3) is 11.1 Å². The second-order valence-electron chi connectivity index (χ2n) is 5.82. The van der Waals surface area contributed by atoms with Gasteiger partial charge in [-0.25, -0.2) is 0 Å². The number of oxazole rings is 1. The zero-order valence-electron chi connectivity index (χ0n) is 11.6. The maximum Gasteiger partial charge on any atom is 0.298 e. The van der Waals surface area contributed by atoms with E-state index in [1.807, 2.05) is 18.2 Å². The van der Waals surface area contributed by atoms with E-state index in [9.17, 15) is 0 Å². The Morgan fingerprint density at radius 1 is 1.20 bits per heavy atom. The van der Waals surface area contributed by atoms with Gasteiger partial charge in [-0.1, -0.05) is 6.07 Å². The standard InChI is InChI=1S/C15H20N4O/c16-12-5-1-6-13-14(12)17-15(20-13)19-9-3-8-18-7-2-4-11(18)10-19/h1,5-6,11H,2-4,7-10,16H2. The van der Waals surface area contributed by atoms with Gasteiger partial charge in [-0.05, 0) is 37.9 Å². The van der Waals surface area contributed by atoms with E-state index in [2.05, 4.69) is 14.8 Å². The molecule has 106 valence electrons. The Morgan fingerprint density at radius 3 is 3.00 bits per heavy atom. The van der Waals surface area contributed by atoms with Crippen LogP contribution in [0.1, 0.15) is 19.3 Å². The summed E-state index contributed by atoms with van der Waals surface area (Å²) in [5, 5.41) is 0. The molecule has 0 aliphatic carbocycles. The van der Waals surface area contributed by atoms with Crippen molar-refractivity contribution in [1.29, 1.82) is 0 Å². The highest BCUT2D eigenvalue weighted by Crippen LogP contribution is 2.29. The van der Waals surface area contributed by atoms with E-state index >= 15 is 0 Å². The van der Waals surface area contributed by atoms with Crippen LogP contribution in [0.2, 0.25) is 0 Å². The molecule has 1 aromatic heterocycles. The van der Waals surface area contributed by atoms with Gasteiger partial charge in [-0.15, -0.1) is 0 Å². The van der Waals surface area contributed by atoms with E-state index in [1.165, 1.54) is 32.4 Å². The molecule has 0 radical (unpaired) electrons. The van der Waals surface area contributed by atoms with Gasteiger partial charge in [0.2, 0.25) is 0 Å². The molecule has 5 nitrogen and oxygen atoms in total. The minimum absolute atomic E-state index is 0.657. The molecule has 2 N–H and O–H groups in total. The first-order valence-electron chi connectivity index (χ1n) is 7.45. The maximum absolute atomic E-state index is 5.97. The number of nitrogens with two attached hydrogens (primary N) is 1. The van der Waals surface area contributed by atoms with Crippen LogP contribution >= 0.6 is 0 Å².